The number of aromatic nitrogens is 2. The summed E-state index contributed by atoms with van der Waals surface area (Å²) in [7, 11) is 0. The highest BCUT2D eigenvalue weighted by atomic mass is 127. The number of hydrogen-bond donors (Lipinski definition) is 1. The van der Waals surface area contributed by atoms with Crippen LogP contribution in [0.5, 0.6) is 0 Å². The molecule has 0 spiro atoms. The van der Waals surface area contributed by atoms with Gasteiger partial charge in [0.2, 0.25) is 5.95 Å². The highest BCUT2D eigenvalue weighted by Gasteiger charge is 2.04. The van der Waals surface area contributed by atoms with E-state index in [0.717, 1.165) is 28.2 Å². The predicted octanol–water partition coefficient (Wildman–Crippen LogP) is 4.89. The van der Waals surface area contributed by atoms with E-state index < -0.39 is 0 Å². The Kier molecular flexibility index (Phi) is 5.20. The summed E-state index contributed by atoms with van der Waals surface area (Å²) in [6, 6.07) is 20.2. The van der Waals surface area contributed by atoms with Crippen molar-refractivity contribution in [3.8, 4) is 11.3 Å². The van der Waals surface area contributed by atoms with E-state index in [4.69, 9.17) is 0 Å². The molecular weight excluding hydrogens is 411 g/mol. The van der Waals surface area contributed by atoms with Crippen molar-refractivity contribution in [2.24, 2.45) is 5.10 Å². The smallest absolute Gasteiger partial charge is 0.244 e. The maximum atomic E-state index is 4.55. The van der Waals surface area contributed by atoms with Crippen molar-refractivity contribution in [2.75, 3.05) is 5.43 Å². The van der Waals surface area contributed by atoms with Crippen LogP contribution >= 0.6 is 22.6 Å². The monoisotopic (exact) mass is 428 g/mol. The molecule has 120 valence electrons. The molecule has 3 aromatic rings. The van der Waals surface area contributed by atoms with Crippen LogP contribution in [0.15, 0.2) is 65.8 Å². The molecular formula is C19H17IN4. The molecule has 0 saturated heterocycles. The molecule has 1 N–H and O–H groups in total. The van der Waals surface area contributed by atoms with Crippen LogP contribution < -0.4 is 5.43 Å². The molecule has 0 amide bonds. The Morgan fingerprint density at radius 2 is 1.71 bits per heavy atom. The minimum atomic E-state index is 0.499. The summed E-state index contributed by atoms with van der Waals surface area (Å²) in [6.07, 6.45) is 0. The lowest BCUT2D eigenvalue weighted by Gasteiger charge is -2.07. The number of nitrogens with one attached hydrogen (secondary N) is 1. The number of hydrazone groups is 1. The SMILES string of the molecule is C/C(=N/Nc1nc(C)cc(-c2ccccc2)n1)c1ccc(I)cc1. The molecule has 0 atom stereocenters. The molecule has 3 rings (SSSR count). The molecule has 4 nitrogen and oxygen atoms in total. The maximum absolute atomic E-state index is 4.55. The second kappa shape index (κ2) is 7.53. The molecule has 24 heavy (non-hydrogen) atoms. The number of anilines is 1. The lowest BCUT2D eigenvalue weighted by molar-refractivity contribution is 1.07. The fourth-order valence-corrected chi connectivity index (χ4v) is 2.62. The van der Waals surface area contributed by atoms with Gasteiger partial charge in [0.15, 0.2) is 0 Å². The van der Waals surface area contributed by atoms with Crippen molar-refractivity contribution in [1.29, 1.82) is 0 Å². The van der Waals surface area contributed by atoms with Crippen molar-refractivity contribution in [3.63, 3.8) is 0 Å². The van der Waals surface area contributed by atoms with Gasteiger partial charge in [0, 0.05) is 14.8 Å². The molecule has 0 unspecified atom stereocenters. The molecule has 0 aliphatic heterocycles. The number of aryl methyl sites for hydroxylation is 1. The molecule has 0 saturated carbocycles. The summed E-state index contributed by atoms with van der Waals surface area (Å²) in [5, 5.41) is 4.41. The van der Waals surface area contributed by atoms with Crippen LogP contribution in [0.1, 0.15) is 18.2 Å². The van der Waals surface area contributed by atoms with E-state index in [9.17, 15) is 0 Å². The maximum Gasteiger partial charge on any atom is 0.244 e. The summed E-state index contributed by atoms with van der Waals surface area (Å²) in [6.45, 7) is 3.91. The van der Waals surface area contributed by atoms with Gasteiger partial charge in [-0.1, -0.05) is 42.5 Å². The van der Waals surface area contributed by atoms with Gasteiger partial charge in [-0.2, -0.15) is 5.10 Å². The topological polar surface area (TPSA) is 50.2 Å². The van der Waals surface area contributed by atoms with Crippen LogP contribution in [0.2, 0.25) is 0 Å². The first-order chi connectivity index (χ1) is 11.6. The molecule has 0 radical (unpaired) electrons. The Morgan fingerprint density at radius 1 is 1.00 bits per heavy atom. The second-order valence-corrected chi connectivity index (χ2v) is 6.65. The van der Waals surface area contributed by atoms with Gasteiger partial charge in [-0.3, -0.25) is 0 Å². The minimum Gasteiger partial charge on any atom is -0.245 e. The summed E-state index contributed by atoms with van der Waals surface area (Å²) in [4.78, 5) is 8.96. The van der Waals surface area contributed by atoms with Crippen molar-refractivity contribution in [1.82, 2.24) is 9.97 Å². The largest absolute Gasteiger partial charge is 0.245 e. The Bertz CT molecular complexity index is 858. The Morgan fingerprint density at radius 3 is 2.42 bits per heavy atom. The molecule has 0 fully saturated rings. The van der Waals surface area contributed by atoms with Crippen molar-refractivity contribution >= 4 is 34.3 Å². The normalized spacial score (nSPS) is 11.4. The zero-order chi connectivity index (χ0) is 16.9. The molecule has 1 aromatic heterocycles. The van der Waals surface area contributed by atoms with E-state index in [1.165, 1.54) is 3.57 Å². The molecule has 5 heteroatoms. The van der Waals surface area contributed by atoms with Crippen LogP contribution in [0.4, 0.5) is 5.95 Å². The molecule has 0 aliphatic carbocycles. The van der Waals surface area contributed by atoms with Gasteiger partial charge in [0.05, 0.1) is 11.4 Å². The fourth-order valence-electron chi connectivity index (χ4n) is 2.26. The minimum absolute atomic E-state index is 0.499. The van der Waals surface area contributed by atoms with Crippen molar-refractivity contribution < 1.29 is 0 Å². The number of hydrogen-bond acceptors (Lipinski definition) is 4. The third kappa shape index (κ3) is 4.17. The molecule has 0 bridgehead atoms. The summed E-state index contributed by atoms with van der Waals surface area (Å²) in [5.74, 6) is 0.499. The van der Waals surface area contributed by atoms with Gasteiger partial charge in [-0.25, -0.2) is 15.4 Å². The van der Waals surface area contributed by atoms with E-state index in [2.05, 4.69) is 67.4 Å². The number of nitrogens with zero attached hydrogens (tertiary/aromatic N) is 3. The Labute approximate surface area is 155 Å². The average molecular weight is 428 g/mol. The average Bonchev–Trinajstić information content (AvgIpc) is 2.60. The first kappa shape index (κ1) is 16.6. The predicted molar refractivity (Wildman–Crippen MR) is 107 cm³/mol. The fraction of sp³-hybridized carbons (Fsp3) is 0.105. The number of rotatable bonds is 4. The van der Waals surface area contributed by atoms with E-state index in [-0.39, 0.29) is 0 Å². The second-order valence-electron chi connectivity index (χ2n) is 5.40. The van der Waals surface area contributed by atoms with Crippen LogP contribution in [-0.4, -0.2) is 15.7 Å². The van der Waals surface area contributed by atoms with Crippen LogP contribution in [0.3, 0.4) is 0 Å². The van der Waals surface area contributed by atoms with E-state index in [1.807, 2.05) is 50.2 Å². The summed E-state index contributed by atoms with van der Waals surface area (Å²) >= 11 is 2.29. The van der Waals surface area contributed by atoms with E-state index in [1.54, 1.807) is 0 Å². The van der Waals surface area contributed by atoms with Gasteiger partial charge >= 0.3 is 0 Å². The quantitative estimate of drug-likeness (QED) is 0.366. The van der Waals surface area contributed by atoms with Gasteiger partial charge < -0.3 is 0 Å². The summed E-state index contributed by atoms with van der Waals surface area (Å²) < 4.78 is 1.20. The van der Waals surface area contributed by atoms with Gasteiger partial charge in [0.1, 0.15) is 0 Å². The van der Waals surface area contributed by atoms with Gasteiger partial charge in [-0.05, 0) is 60.2 Å². The van der Waals surface area contributed by atoms with Crippen molar-refractivity contribution in [3.05, 3.63) is 75.5 Å². The van der Waals surface area contributed by atoms with Crippen LogP contribution in [-0.2, 0) is 0 Å². The molecule has 0 aliphatic rings. The van der Waals surface area contributed by atoms with Gasteiger partial charge in [0.25, 0.3) is 0 Å². The highest BCUT2D eigenvalue weighted by Crippen LogP contribution is 2.18. The molecule has 1 heterocycles. The zero-order valence-corrected chi connectivity index (χ0v) is 15.7. The Hall–Kier alpha value is -2.28. The lowest BCUT2D eigenvalue weighted by atomic mass is 10.1. The third-order valence-electron chi connectivity index (χ3n) is 3.51. The first-order valence-corrected chi connectivity index (χ1v) is 8.67. The standard InChI is InChI=1S/C19H17IN4/c1-13-12-18(16-6-4-3-5-7-16)22-19(21-13)24-23-14(2)15-8-10-17(20)11-9-15/h3-12H,1-2H3,(H,21,22,24)/b23-14-. The summed E-state index contributed by atoms with van der Waals surface area (Å²) in [5.41, 5.74) is 7.77. The van der Waals surface area contributed by atoms with Crippen LogP contribution in [0, 0.1) is 10.5 Å². The lowest BCUT2D eigenvalue weighted by Crippen LogP contribution is -2.03. The van der Waals surface area contributed by atoms with E-state index >= 15 is 0 Å². The van der Waals surface area contributed by atoms with E-state index in [0.29, 0.717) is 5.95 Å². The molecule has 2 aromatic carbocycles. The van der Waals surface area contributed by atoms with Gasteiger partial charge in [-0.15, -0.1) is 0 Å². The van der Waals surface area contributed by atoms with Crippen LogP contribution in [0.25, 0.3) is 11.3 Å². The Balaban J connectivity index is 1.84. The third-order valence-corrected chi connectivity index (χ3v) is 4.23. The first-order valence-electron chi connectivity index (χ1n) is 7.59. The number of halogens is 1. The number of benzene rings is 2. The highest BCUT2D eigenvalue weighted by molar-refractivity contribution is 14.1. The zero-order valence-electron chi connectivity index (χ0n) is 13.5. The van der Waals surface area contributed by atoms with Crippen molar-refractivity contribution in [2.45, 2.75) is 13.8 Å².